The Morgan fingerprint density at radius 3 is 1.38 bits per heavy atom. The van der Waals surface area contributed by atoms with Crippen LogP contribution in [-0.4, -0.2) is 52.4 Å². The van der Waals surface area contributed by atoms with Crippen LogP contribution in [0.3, 0.4) is 0 Å². The smallest absolute Gasteiger partial charge is 0.550 e. The fourth-order valence-corrected chi connectivity index (χ4v) is 1.80. The van der Waals surface area contributed by atoms with Crippen LogP contribution < -0.4 is 69.3 Å². The summed E-state index contributed by atoms with van der Waals surface area (Å²) in [4.78, 5) is 20.0. The third-order valence-electron chi connectivity index (χ3n) is 2.53. The summed E-state index contributed by atoms with van der Waals surface area (Å²) >= 11 is 7.87. The molecule has 0 aliphatic heterocycles. The van der Waals surface area contributed by atoms with Gasteiger partial charge in [0.05, 0.1) is 0 Å². The molecule has 2 aromatic rings. The van der Waals surface area contributed by atoms with Crippen molar-refractivity contribution in [3.63, 3.8) is 0 Å². The predicted octanol–water partition coefficient (Wildman–Crippen LogP) is -9.01. The summed E-state index contributed by atoms with van der Waals surface area (Å²) in [7, 11) is 0. The number of aliphatic carboxylic acids is 2. The van der Waals surface area contributed by atoms with Crippen molar-refractivity contribution in [3.8, 4) is 0 Å². The van der Waals surface area contributed by atoms with E-state index >= 15 is 0 Å². The summed E-state index contributed by atoms with van der Waals surface area (Å²) in [5, 5.41) is 41.7. The Balaban J connectivity index is 0. The van der Waals surface area contributed by atoms with Crippen molar-refractivity contribution in [1.82, 2.24) is 40.4 Å². The summed E-state index contributed by atoms with van der Waals surface area (Å²) in [5.41, 5.74) is 0. The SMILES string of the molecule is O=C([O-])CCCn1nnnc1S.O=C([O-])CCCn1nnnc1S.[Na+].[Na+]. The van der Waals surface area contributed by atoms with E-state index in [1.807, 2.05) is 0 Å². The zero-order chi connectivity index (χ0) is 17.9. The Labute approximate surface area is 203 Å². The van der Waals surface area contributed by atoms with Crippen molar-refractivity contribution in [2.75, 3.05) is 0 Å². The van der Waals surface area contributed by atoms with Crippen LogP contribution in [-0.2, 0) is 22.7 Å². The summed E-state index contributed by atoms with van der Waals surface area (Å²) in [6.45, 7) is 0.889. The summed E-state index contributed by atoms with van der Waals surface area (Å²) in [6.07, 6.45) is 0.905. The molecule has 12 nitrogen and oxygen atoms in total. The number of carboxylic acid groups (broad SMARTS) is 2. The Kier molecular flexibility index (Phi) is 17.0. The maximum Gasteiger partial charge on any atom is 1.00 e. The molecule has 0 fully saturated rings. The molecule has 0 aliphatic carbocycles. The van der Waals surface area contributed by atoms with Crippen LogP contribution in [0.2, 0.25) is 0 Å². The molecule has 0 atom stereocenters. The molecule has 132 valence electrons. The average molecular weight is 420 g/mol. The molecule has 2 heterocycles. The van der Waals surface area contributed by atoms with Crippen LogP contribution in [0.5, 0.6) is 0 Å². The zero-order valence-electron chi connectivity index (χ0n) is 14.3. The molecule has 0 bridgehead atoms. The number of aromatic nitrogens is 8. The van der Waals surface area contributed by atoms with E-state index in [1.54, 1.807) is 0 Å². The van der Waals surface area contributed by atoms with Gasteiger partial charge in [-0.15, -0.1) is 35.5 Å². The van der Waals surface area contributed by atoms with Gasteiger partial charge in [-0.3, -0.25) is 0 Å². The van der Waals surface area contributed by atoms with Crippen molar-refractivity contribution in [1.29, 1.82) is 0 Å². The first kappa shape index (κ1) is 28.0. The molecular formula is C10H14N8Na2O4S2. The molecule has 0 aromatic carbocycles. The fraction of sp³-hybridized carbons (Fsp3) is 0.600. The third kappa shape index (κ3) is 12.2. The molecule has 0 aliphatic rings. The van der Waals surface area contributed by atoms with Crippen LogP contribution in [0, 0.1) is 0 Å². The molecule has 0 N–H and O–H groups in total. The van der Waals surface area contributed by atoms with E-state index in [0.29, 0.717) is 36.2 Å². The number of thiol groups is 2. The minimum Gasteiger partial charge on any atom is -0.550 e. The van der Waals surface area contributed by atoms with E-state index < -0.39 is 11.9 Å². The van der Waals surface area contributed by atoms with Gasteiger partial charge in [0.15, 0.2) is 0 Å². The molecule has 2 rings (SSSR count). The number of carbonyl (C=O) groups is 2. The maximum absolute atomic E-state index is 10.0. The van der Waals surface area contributed by atoms with Crippen molar-refractivity contribution in [2.45, 2.75) is 49.1 Å². The number of hydrogen-bond donors (Lipinski definition) is 2. The average Bonchev–Trinajstić information content (AvgIpc) is 3.09. The van der Waals surface area contributed by atoms with Gasteiger partial charge in [0.1, 0.15) is 0 Å². The Bertz CT molecular complexity index is 615. The van der Waals surface area contributed by atoms with Crippen molar-refractivity contribution < 1.29 is 78.9 Å². The Morgan fingerprint density at radius 1 is 0.808 bits per heavy atom. The number of tetrazole rings is 2. The Morgan fingerprint density at radius 2 is 1.15 bits per heavy atom. The minimum absolute atomic E-state index is 0. The predicted molar refractivity (Wildman–Crippen MR) is 78.6 cm³/mol. The molecule has 0 radical (unpaired) electrons. The molecular weight excluding hydrogens is 406 g/mol. The van der Waals surface area contributed by atoms with Crippen LogP contribution in [0.15, 0.2) is 10.3 Å². The molecule has 0 saturated carbocycles. The number of nitrogens with zero attached hydrogens (tertiary/aromatic N) is 8. The number of carbonyl (C=O) groups excluding carboxylic acids is 2. The van der Waals surface area contributed by atoms with Crippen LogP contribution in [0.25, 0.3) is 0 Å². The molecule has 26 heavy (non-hydrogen) atoms. The molecule has 0 spiro atoms. The first-order chi connectivity index (χ1) is 11.4. The van der Waals surface area contributed by atoms with E-state index in [2.05, 4.69) is 56.3 Å². The van der Waals surface area contributed by atoms with Crippen LogP contribution in [0.1, 0.15) is 25.7 Å². The van der Waals surface area contributed by atoms with Crippen molar-refractivity contribution in [2.24, 2.45) is 0 Å². The van der Waals surface area contributed by atoms with E-state index in [4.69, 9.17) is 0 Å². The van der Waals surface area contributed by atoms with E-state index in [1.165, 1.54) is 9.36 Å². The monoisotopic (exact) mass is 420 g/mol. The fourth-order valence-electron chi connectivity index (χ4n) is 1.44. The number of hydrogen-bond acceptors (Lipinski definition) is 12. The maximum atomic E-state index is 10.0. The first-order valence-corrected chi connectivity index (χ1v) is 7.59. The third-order valence-corrected chi connectivity index (χ3v) is 3.17. The minimum atomic E-state index is -1.07. The number of carboxylic acids is 2. The largest absolute Gasteiger partial charge is 1.00 e. The molecule has 16 heteroatoms. The van der Waals surface area contributed by atoms with Crippen LogP contribution in [0.4, 0.5) is 0 Å². The van der Waals surface area contributed by atoms with Gasteiger partial charge in [0.2, 0.25) is 10.3 Å². The van der Waals surface area contributed by atoms with E-state index in [9.17, 15) is 19.8 Å². The molecule has 0 amide bonds. The van der Waals surface area contributed by atoms with Gasteiger partial charge < -0.3 is 19.8 Å². The standard InChI is InChI=1S/2C5H8N4O2S.2Na/c2*10-4(11)2-1-3-9-5(12)6-7-8-9;;/h2*1-3H2,(H,10,11)(H,6,8,12);;/q;;2*+1/p-2. The van der Waals surface area contributed by atoms with Gasteiger partial charge in [-0.05, 0) is 46.5 Å². The second-order valence-corrected chi connectivity index (χ2v) is 5.16. The summed E-state index contributed by atoms with van der Waals surface area (Å²) in [5.74, 6) is -2.13. The van der Waals surface area contributed by atoms with E-state index in [-0.39, 0.29) is 72.0 Å². The van der Waals surface area contributed by atoms with Gasteiger partial charge in [-0.2, -0.15) is 0 Å². The van der Waals surface area contributed by atoms with Gasteiger partial charge in [0, 0.05) is 25.0 Å². The zero-order valence-corrected chi connectivity index (χ0v) is 20.1. The van der Waals surface area contributed by atoms with Crippen molar-refractivity contribution >= 4 is 37.2 Å². The topological polar surface area (TPSA) is 167 Å². The number of aryl methyl sites for hydroxylation is 2. The first-order valence-electron chi connectivity index (χ1n) is 6.70. The van der Waals surface area contributed by atoms with Crippen LogP contribution >= 0.6 is 25.3 Å². The van der Waals surface area contributed by atoms with Crippen molar-refractivity contribution in [3.05, 3.63) is 0 Å². The summed E-state index contributed by atoms with van der Waals surface area (Å²) in [6, 6.07) is 0. The van der Waals surface area contributed by atoms with Gasteiger partial charge in [-0.25, -0.2) is 9.36 Å². The number of rotatable bonds is 8. The molecule has 0 saturated heterocycles. The second kappa shape index (κ2) is 15.8. The molecule has 2 aromatic heterocycles. The summed E-state index contributed by atoms with van der Waals surface area (Å²) < 4.78 is 2.85. The van der Waals surface area contributed by atoms with E-state index in [0.717, 1.165) is 0 Å². The normalized spacial score (nSPS) is 9.31. The quantitative estimate of drug-likeness (QED) is 0.309. The van der Waals surface area contributed by atoms with Gasteiger partial charge >= 0.3 is 59.1 Å². The Hall–Kier alpha value is -0.220. The van der Waals surface area contributed by atoms with Gasteiger partial charge in [-0.1, -0.05) is 0 Å². The van der Waals surface area contributed by atoms with Gasteiger partial charge in [0.25, 0.3) is 0 Å². The molecule has 0 unspecified atom stereocenters. The second-order valence-electron chi connectivity index (χ2n) is 4.36.